The minimum absolute atomic E-state index is 0.0508. The number of nitrogens with zero attached hydrogens (tertiary/aromatic N) is 1. The number of carboxylic acid groups (broad SMARTS) is 1. The van der Waals surface area contributed by atoms with Crippen molar-refractivity contribution in [2.24, 2.45) is 10.8 Å². The SMILES string of the molecule is CCOC1CC(N(C)C(=O)CC2(C(=O)O)CCC2)C1(C)C. The lowest BCUT2D eigenvalue weighted by Crippen LogP contribution is -2.62. The van der Waals surface area contributed by atoms with Gasteiger partial charge in [0.15, 0.2) is 0 Å². The maximum atomic E-state index is 12.5. The molecule has 2 atom stereocenters. The number of amides is 1. The van der Waals surface area contributed by atoms with Crippen molar-refractivity contribution in [1.29, 1.82) is 0 Å². The first-order valence-electron chi connectivity index (χ1n) is 7.85. The molecule has 2 fully saturated rings. The van der Waals surface area contributed by atoms with Crippen LogP contribution in [0.4, 0.5) is 0 Å². The molecule has 5 nitrogen and oxygen atoms in total. The van der Waals surface area contributed by atoms with Gasteiger partial charge in [-0.25, -0.2) is 0 Å². The second-order valence-electron chi connectivity index (χ2n) is 7.14. The number of hydrogen-bond donors (Lipinski definition) is 1. The van der Waals surface area contributed by atoms with Gasteiger partial charge in [-0.2, -0.15) is 0 Å². The molecule has 120 valence electrons. The van der Waals surface area contributed by atoms with Crippen LogP contribution in [0.15, 0.2) is 0 Å². The summed E-state index contributed by atoms with van der Waals surface area (Å²) in [7, 11) is 1.80. The van der Waals surface area contributed by atoms with E-state index in [0.29, 0.717) is 19.4 Å². The third kappa shape index (κ3) is 2.68. The number of carbonyl (C=O) groups excluding carboxylic acids is 1. The fourth-order valence-electron chi connectivity index (χ4n) is 3.66. The normalized spacial score (nSPS) is 29.1. The van der Waals surface area contributed by atoms with E-state index in [2.05, 4.69) is 13.8 Å². The molecule has 0 aromatic rings. The number of ether oxygens (including phenoxy) is 1. The molecule has 21 heavy (non-hydrogen) atoms. The molecule has 2 saturated carbocycles. The Balaban J connectivity index is 1.96. The molecule has 0 radical (unpaired) electrons. The maximum Gasteiger partial charge on any atom is 0.310 e. The van der Waals surface area contributed by atoms with Crippen molar-refractivity contribution in [3.8, 4) is 0 Å². The van der Waals surface area contributed by atoms with Crippen LogP contribution in [-0.4, -0.2) is 47.7 Å². The molecule has 0 heterocycles. The fourth-order valence-corrected chi connectivity index (χ4v) is 3.66. The van der Waals surface area contributed by atoms with Crippen LogP contribution in [0.3, 0.4) is 0 Å². The summed E-state index contributed by atoms with van der Waals surface area (Å²) in [5.41, 5.74) is -0.880. The van der Waals surface area contributed by atoms with E-state index in [4.69, 9.17) is 4.74 Å². The molecule has 2 aliphatic carbocycles. The summed E-state index contributed by atoms with van der Waals surface area (Å²) < 4.78 is 5.69. The first-order chi connectivity index (χ1) is 9.74. The number of hydrogen-bond acceptors (Lipinski definition) is 3. The largest absolute Gasteiger partial charge is 0.481 e. The van der Waals surface area contributed by atoms with Crippen LogP contribution >= 0.6 is 0 Å². The van der Waals surface area contributed by atoms with Gasteiger partial charge in [0.1, 0.15) is 0 Å². The lowest BCUT2D eigenvalue weighted by atomic mass is 9.63. The van der Waals surface area contributed by atoms with Crippen LogP contribution in [0.1, 0.15) is 52.9 Å². The fraction of sp³-hybridized carbons (Fsp3) is 0.875. The molecule has 2 unspecified atom stereocenters. The smallest absolute Gasteiger partial charge is 0.310 e. The molecule has 0 spiro atoms. The Morgan fingerprint density at radius 2 is 1.95 bits per heavy atom. The van der Waals surface area contributed by atoms with Crippen molar-refractivity contribution in [2.75, 3.05) is 13.7 Å². The molecule has 2 aliphatic rings. The average Bonchev–Trinajstić information content (AvgIpc) is 2.36. The standard InChI is InChI=1S/C16H27NO4/c1-5-21-12-9-11(15(12,2)3)17(4)13(18)10-16(14(19)20)7-6-8-16/h11-12H,5-10H2,1-4H3,(H,19,20). The Morgan fingerprint density at radius 1 is 1.33 bits per heavy atom. The number of aliphatic carboxylic acids is 1. The van der Waals surface area contributed by atoms with E-state index in [0.717, 1.165) is 12.8 Å². The summed E-state index contributed by atoms with van der Waals surface area (Å²) in [5.74, 6) is -0.874. The number of carboxylic acids is 1. The van der Waals surface area contributed by atoms with Crippen LogP contribution in [0.5, 0.6) is 0 Å². The van der Waals surface area contributed by atoms with Crippen molar-refractivity contribution < 1.29 is 19.4 Å². The molecule has 0 aromatic heterocycles. The van der Waals surface area contributed by atoms with Crippen LogP contribution in [0, 0.1) is 10.8 Å². The highest BCUT2D eigenvalue weighted by molar-refractivity contribution is 5.85. The quantitative estimate of drug-likeness (QED) is 0.817. The topological polar surface area (TPSA) is 66.8 Å². The van der Waals surface area contributed by atoms with Gasteiger partial charge >= 0.3 is 5.97 Å². The second kappa shape index (κ2) is 5.59. The van der Waals surface area contributed by atoms with E-state index in [1.54, 1.807) is 11.9 Å². The highest BCUT2D eigenvalue weighted by Gasteiger charge is 2.53. The zero-order valence-electron chi connectivity index (χ0n) is 13.5. The Labute approximate surface area is 126 Å². The molecule has 5 heteroatoms. The van der Waals surface area contributed by atoms with E-state index in [1.807, 2.05) is 6.92 Å². The van der Waals surface area contributed by atoms with Gasteiger partial charge in [0, 0.05) is 31.5 Å². The molecule has 2 rings (SSSR count). The van der Waals surface area contributed by atoms with E-state index in [1.165, 1.54) is 0 Å². The molecule has 1 N–H and O–H groups in total. The number of rotatable bonds is 6. The van der Waals surface area contributed by atoms with E-state index < -0.39 is 11.4 Å². The lowest BCUT2D eigenvalue weighted by molar-refractivity contribution is -0.171. The predicted octanol–water partition coefficient (Wildman–Crippen LogP) is 2.29. The maximum absolute atomic E-state index is 12.5. The van der Waals surface area contributed by atoms with Crippen LogP contribution < -0.4 is 0 Å². The van der Waals surface area contributed by atoms with Gasteiger partial charge in [-0.05, 0) is 26.2 Å². The molecular weight excluding hydrogens is 270 g/mol. The van der Waals surface area contributed by atoms with Crippen LogP contribution in [-0.2, 0) is 14.3 Å². The van der Waals surface area contributed by atoms with Gasteiger partial charge in [0.05, 0.1) is 11.5 Å². The first kappa shape index (κ1) is 16.3. The van der Waals surface area contributed by atoms with Gasteiger partial charge < -0.3 is 14.7 Å². The second-order valence-corrected chi connectivity index (χ2v) is 7.14. The summed E-state index contributed by atoms with van der Waals surface area (Å²) >= 11 is 0. The van der Waals surface area contributed by atoms with Gasteiger partial charge in [-0.3, -0.25) is 9.59 Å². The summed E-state index contributed by atoms with van der Waals surface area (Å²) in [6.07, 6.45) is 3.30. The Bertz CT molecular complexity index is 428. The lowest BCUT2D eigenvalue weighted by Gasteiger charge is -2.55. The van der Waals surface area contributed by atoms with Crippen LogP contribution in [0.2, 0.25) is 0 Å². The minimum Gasteiger partial charge on any atom is -0.481 e. The van der Waals surface area contributed by atoms with Gasteiger partial charge in [0.2, 0.25) is 5.91 Å². The predicted molar refractivity (Wildman–Crippen MR) is 78.9 cm³/mol. The van der Waals surface area contributed by atoms with E-state index in [-0.39, 0.29) is 29.9 Å². The molecule has 0 aliphatic heterocycles. The summed E-state index contributed by atoms with van der Waals surface area (Å²) in [6, 6.07) is 0.132. The third-order valence-corrected chi connectivity index (χ3v) is 5.61. The van der Waals surface area contributed by atoms with Crippen molar-refractivity contribution >= 4 is 11.9 Å². The van der Waals surface area contributed by atoms with E-state index in [9.17, 15) is 14.7 Å². The third-order valence-electron chi connectivity index (χ3n) is 5.61. The first-order valence-corrected chi connectivity index (χ1v) is 7.85. The van der Waals surface area contributed by atoms with Crippen LogP contribution in [0.25, 0.3) is 0 Å². The Kier molecular flexibility index (Phi) is 4.34. The van der Waals surface area contributed by atoms with Gasteiger partial charge in [-0.1, -0.05) is 20.3 Å². The van der Waals surface area contributed by atoms with Crippen molar-refractivity contribution in [1.82, 2.24) is 4.90 Å². The monoisotopic (exact) mass is 297 g/mol. The van der Waals surface area contributed by atoms with E-state index >= 15 is 0 Å². The minimum atomic E-state index is -0.824. The molecule has 1 amide bonds. The zero-order chi connectivity index (χ0) is 15.8. The summed E-state index contributed by atoms with van der Waals surface area (Å²) in [6.45, 7) is 6.88. The molecule has 0 aromatic carbocycles. The molecule has 0 saturated heterocycles. The average molecular weight is 297 g/mol. The molecule has 0 bridgehead atoms. The van der Waals surface area contributed by atoms with Gasteiger partial charge in [-0.15, -0.1) is 0 Å². The molecular formula is C16H27NO4. The van der Waals surface area contributed by atoms with Crippen molar-refractivity contribution in [3.05, 3.63) is 0 Å². The highest BCUT2D eigenvalue weighted by Crippen LogP contribution is 2.48. The summed E-state index contributed by atoms with van der Waals surface area (Å²) in [5, 5.41) is 9.35. The van der Waals surface area contributed by atoms with Gasteiger partial charge in [0.25, 0.3) is 0 Å². The number of carbonyl (C=O) groups is 2. The summed E-state index contributed by atoms with van der Waals surface area (Å²) in [4.78, 5) is 25.6. The Morgan fingerprint density at radius 3 is 2.33 bits per heavy atom. The van der Waals surface area contributed by atoms with Crippen molar-refractivity contribution in [3.63, 3.8) is 0 Å². The highest BCUT2D eigenvalue weighted by atomic mass is 16.5. The zero-order valence-corrected chi connectivity index (χ0v) is 13.5. The van der Waals surface area contributed by atoms with Crippen molar-refractivity contribution in [2.45, 2.75) is 65.0 Å². The Hall–Kier alpha value is -1.10.